The molecule has 0 radical (unpaired) electrons. The van der Waals surface area contributed by atoms with Gasteiger partial charge in [0.25, 0.3) is 0 Å². The minimum Gasteiger partial charge on any atom is -0.461 e. The van der Waals surface area contributed by atoms with Gasteiger partial charge >= 0.3 is 65.5 Å². The van der Waals surface area contributed by atoms with E-state index in [9.17, 15) is 74.6 Å². The zero-order valence-corrected chi connectivity index (χ0v) is 90.3. The van der Waals surface area contributed by atoms with Crippen LogP contribution in [0.15, 0.2) is 299 Å². The van der Waals surface area contributed by atoms with Gasteiger partial charge in [-0.15, -0.1) is 0 Å². The van der Waals surface area contributed by atoms with Crippen LogP contribution in [0.3, 0.4) is 0 Å². The van der Waals surface area contributed by atoms with E-state index in [1.807, 2.05) is 142 Å². The van der Waals surface area contributed by atoms with E-state index in [2.05, 4.69) is 182 Å². The monoisotopic (exact) mass is 2120 g/mol. The maximum absolute atomic E-state index is 13.5. The summed E-state index contributed by atoms with van der Waals surface area (Å²) in [4.78, 5) is 120. The molecule has 1 heterocycles. The molecule has 14 aliphatic carbocycles. The van der Waals surface area contributed by atoms with Gasteiger partial charge in [-0.1, -0.05) is 130 Å². The molecule has 18 nitrogen and oxygen atoms in total. The lowest BCUT2D eigenvalue weighted by Crippen LogP contribution is -2.59. The standard InChI is InChI=1S/3C24H25O2S.C23H28F2O6.C14H20F2O3.C14H18F2O3/c3*1-4-24(2,3)23(25)26-19-15-17-22(18-16-19)27(20-11-7-5-8-12-20)21-13-9-6-10-14-21;1-22(11-4-9-3-10(6-11)7-12(22)5-9)31-20(27)16-14-8-13-15(16)19(26)29-17(13)18(14)30-21(28)23(2,24)25;1-12(15,16)11(17)19-8-13-3-9-2-10(4-13)6-14(18,5-9)7-13;1-13(15,16)12(18)19-7-14-4-8-2-9(5-14)11(17)10(3-8)6-14/h3*5-18H,4H2,1-3H3;9-18H,3-8H2,1-2H3;9-10,18H,2-8H2,1H3;8-10H,2-7H2,1H3/q3*+1;;;. The quantitative estimate of drug-likeness (QED) is 0.0157. The van der Waals surface area contributed by atoms with Crippen molar-refractivity contribution in [1.29, 1.82) is 0 Å². The first kappa shape index (κ1) is 112. The Kier molecular flexibility index (Phi) is 34.0. The summed E-state index contributed by atoms with van der Waals surface area (Å²) in [5.41, 5.74) is -3.10. The number of hydrogen-bond donors (Lipinski definition) is 1. The molecule has 150 heavy (non-hydrogen) atoms. The largest absolute Gasteiger partial charge is 0.461 e. The molecular formula is C123H141F6O18S3+3. The minimum absolute atomic E-state index is 0.0323. The topological polar surface area (TPSA) is 248 Å². The maximum atomic E-state index is 13.5. The summed E-state index contributed by atoms with van der Waals surface area (Å²) in [6.45, 7) is 21.1. The molecule has 14 saturated carbocycles. The lowest BCUT2D eigenvalue weighted by Gasteiger charge is -2.59. The zero-order valence-electron chi connectivity index (χ0n) is 87.8. The average molecular weight is 2120 g/mol. The molecule has 0 amide bonds. The van der Waals surface area contributed by atoms with Crippen molar-refractivity contribution in [2.45, 2.75) is 304 Å². The molecule has 14 bridgehead atoms. The highest BCUT2D eigenvalue weighted by molar-refractivity contribution is 7.97. The summed E-state index contributed by atoms with van der Waals surface area (Å²) in [5.74, 6) is -13.0. The third-order valence-electron chi connectivity index (χ3n) is 33.5. The van der Waals surface area contributed by atoms with E-state index >= 15 is 0 Å². The second kappa shape index (κ2) is 45.7. The molecule has 0 spiro atoms. The van der Waals surface area contributed by atoms with Crippen LogP contribution in [0.25, 0.3) is 0 Å². The summed E-state index contributed by atoms with van der Waals surface area (Å²) in [7, 11) is -0.584. The Hall–Kier alpha value is -11.0. The summed E-state index contributed by atoms with van der Waals surface area (Å²) in [6, 6.07) is 86.7. The Morgan fingerprint density at radius 2 is 0.667 bits per heavy atom. The van der Waals surface area contributed by atoms with Crippen LogP contribution in [0.1, 0.15) is 218 Å². The number of hydrogen-bond acceptors (Lipinski definition) is 18. The molecule has 1 aliphatic heterocycles. The first-order valence-electron chi connectivity index (χ1n) is 53.0. The average Bonchev–Trinajstić information content (AvgIpc) is 1.55. The maximum Gasteiger partial charge on any atom is 0.377 e. The van der Waals surface area contributed by atoms with Crippen LogP contribution >= 0.6 is 0 Å². The summed E-state index contributed by atoms with van der Waals surface area (Å²) in [5, 5.41) is 10.5. The molecule has 10 unspecified atom stereocenters. The first-order chi connectivity index (χ1) is 71.1. The number of aliphatic hydroxyl groups is 1. The van der Waals surface area contributed by atoms with Gasteiger partial charge in [0.1, 0.15) is 40.8 Å². The molecule has 0 aromatic heterocycles. The number of fused-ring (bicyclic) bond motifs is 1. The van der Waals surface area contributed by atoms with E-state index in [1.165, 1.54) is 50.5 Å². The highest BCUT2D eigenvalue weighted by Gasteiger charge is 2.72. The van der Waals surface area contributed by atoms with Crippen molar-refractivity contribution in [1.82, 2.24) is 0 Å². The predicted molar refractivity (Wildman–Crippen MR) is 560 cm³/mol. The van der Waals surface area contributed by atoms with Gasteiger partial charge in [-0.25, -0.2) is 14.4 Å². The van der Waals surface area contributed by atoms with Crippen molar-refractivity contribution >= 4 is 86.2 Å². The van der Waals surface area contributed by atoms with Crippen LogP contribution in [-0.4, -0.2) is 113 Å². The highest BCUT2D eigenvalue weighted by atomic mass is 32.2. The Morgan fingerprint density at radius 1 is 0.360 bits per heavy atom. The van der Waals surface area contributed by atoms with E-state index in [4.69, 9.17) is 37.9 Å². The molecule has 10 atom stereocenters. The highest BCUT2D eigenvalue weighted by Crippen LogP contribution is 2.65. The van der Waals surface area contributed by atoms with E-state index in [0.29, 0.717) is 99.1 Å². The smallest absolute Gasteiger partial charge is 0.377 e. The van der Waals surface area contributed by atoms with Gasteiger partial charge < -0.3 is 43.0 Å². The van der Waals surface area contributed by atoms with Crippen molar-refractivity contribution in [3.05, 3.63) is 255 Å². The first-order valence-corrected chi connectivity index (χ1v) is 56.6. The van der Waals surface area contributed by atoms with Gasteiger partial charge in [-0.05, 0) is 364 Å². The van der Waals surface area contributed by atoms with E-state index in [1.54, 1.807) is 0 Å². The molecule has 15 fully saturated rings. The number of carbonyl (C=O) groups is 9. The number of alkyl halides is 6. The van der Waals surface area contributed by atoms with Gasteiger partial charge in [-0.2, -0.15) is 26.3 Å². The van der Waals surface area contributed by atoms with Gasteiger partial charge in [0.15, 0.2) is 44.1 Å². The Labute approximate surface area is 885 Å². The summed E-state index contributed by atoms with van der Waals surface area (Å²) in [6.07, 6.45) is 15.9. The normalized spacial score (nSPS) is 27.5. The molecule has 15 aliphatic rings. The molecule has 1 N–H and O–H groups in total. The fourth-order valence-corrected chi connectivity index (χ4v) is 31.5. The molecule has 798 valence electrons. The zero-order chi connectivity index (χ0) is 107. The lowest BCUT2D eigenvalue weighted by molar-refractivity contribution is -0.212. The number of Topliss-reactive ketones (excluding diaryl/α,β-unsaturated/α-hetero) is 1. The summed E-state index contributed by atoms with van der Waals surface area (Å²) < 4.78 is 121. The van der Waals surface area contributed by atoms with Crippen molar-refractivity contribution in [2.75, 3.05) is 13.2 Å². The molecule has 9 aromatic rings. The van der Waals surface area contributed by atoms with Gasteiger partial charge in [0, 0.05) is 55.3 Å². The minimum atomic E-state index is -3.65. The fraction of sp³-hybridized carbons (Fsp3) is 0.488. The lowest BCUT2D eigenvalue weighted by atomic mass is 9.48. The summed E-state index contributed by atoms with van der Waals surface area (Å²) >= 11 is 0. The van der Waals surface area contributed by atoms with Crippen LogP contribution in [0, 0.1) is 104 Å². The van der Waals surface area contributed by atoms with Crippen molar-refractivity contribution in [3.63, 3.8) is 0 Å². The Morgan fingerprint density at radius 3 is 0.980 bits per heavy atom. The number of benzene rings is 9. The van der Waals surface area contributed by atoms with Crippen molar-refractivity contribution < 1.29 is 112 Å². The van der Waals surface area contributed by atoms with Crippen molar-refractivity contribution in [3.8, 4) is 17.2 Å². The number of rotatable bonds is 28. The number of ether oxygens (including phenoxy) is 8. The van der Waals surface area contributed by atoms with E-state index < -0.39 is 105 Å². The number of esters is 8. The Balaban J connectivity index is 0.000000129. The third kappa shape index (κ3) is 25.7. The molecule has 1 saturated heterocycles. The van der Waals surface area contributed by atoms with Crippen LogP contribution in [0.2, 0.25) is 0 Å². The van der Waals surface area contributed by atoms with Gasteiger partial charge in [0.2, 0.25) is 0 Å². The molecular weight excluding hydrogens is 1980 g/mol. The SMILES string of the molecule is CC(F)(F)C(=O)OC1C2CC3C1OC(=O)C3C2C(=O)OC1(C)C2CC3CC(C2)CC1C3.CC(F)(F)C(=O)OCC12CC3CC(C1)C(=O)C(C3)C2.CC(F)(F)C(=O)OCC12CC3CC(CC(O)(C3)C1)C2.CCC(C)(C)C(=O)Oc1ccc([S+](c2ccccc2)c2ccccc2)cc1.CCC(C)(C)C(=O)Oc1ccc([S+](c2ccccc2)c2ccccc2)cc1.CCC(C)(C)C(=O)Oc1ccc([S+](c2ccccc2)c2ccccc2)cc1. The number of halogens is 6. The van der Waals surface area contributed by atoms with Crippen LogP contribution in [-0.2, 0) is 99.5 Å². The second-order valence-electron chi connectivity index (χ2n) is 46.1. The predicted octanol–water partition coefficient (Wildman–Crippen LogP) is 26.6. The van der Waals surface area contributed by atoms with E-state index in [-0.39, 0.29) is 92.4 Å². The van der Waals surface area contributed by atoms with Crippen LogP contribution in [0.5, 0.6) is 17.2 Å². The number of carbonyl (C=O) groups excluding carboxylic acids is 9. The Bertz CT molecular complexity index is 5660. The molecule has 24 rings (SSSR count). The second-order valence-corrected chi connectivity index (χ2v) is 52.2. The van der Waals surface area contributed by atoms with Crippen molar-refractivity contribution in [2.24, 2.45) is 104 Å². The van der Waals surface area contributed by atoms with Crippen LogP contribution < -0.4 is 14.2 Å². The third-order valence-corrected chi connectivity index (χ3v) is 40.2. The van der Waals surface area contributed by atoms with Crippen LogP contribution in [0.4, 0.5) is 26.3 Å². The fourth-order valence-electron chi connectivity index (χ4n) is 25.3. The molecule has 9 aromatic carbocycles. The van der Waals surface area contributed by atoms with Gasteiger partial charge in [0.05, 0.1) is 79.6 Å². The number of ketones is 1. The van der Waals surface area contributed by atoms with E-state index in [0.717, 1.165) is 108 Å². The van der Waals surface area contributed by atoms with Gasteiger partial charge in [-0.3, -0.25) is 28.8 Å². The molecule has 27 heteroatoms.